The standard InChI is InChI=1S/C23H35N3O2/c1-5-8-9-10-11-12-17-21(27)25(4)20(6-2)22-24-19-16-14-13-15-18(19)23(28)26(22)7-3/h13-16,20H,5-12,17H2,1-4H3. The van der Waals surface area contributed by atoms with Gasteiger partial charge in [-0.25, -0.2) is 4.98 Å². The molecule has 2 rings (SSSR count). The fraction of sp³-hybridized carbons (Fsp3) is 0.609. The van der Waals surface area contributed by atoms with Crippen LogP contribution in [0.1, 0.15) is 84.0 Å². The summed E-state index contributed by atoms with van der Waals surface area (Å²) < 4.78 is 1.71. The van der Waals surface area contributed by atoms with Gasteiger partial charge in [0.2, 0.25) is 5.91 Å². The quantitative estimate of drug-likeness (QED) is 0.507. The van der Waals surface area contributed by atoms with Crippen molar-refractivity contribution in [1.82, 2.24) is 14.5 Å². The molecule has 2 aromatic rings. The van der Waals surface area contributed by atoms with E-state index in [1.54, 1.807) is 9.47 Å². The Labute approximate surface area is 168 Å². The topological polar surface area (TPSA) is 55.2 Å². The van der Waals surface area contributed by atoms with Crippen molar-refractivity contribution < 1.29 is 4.79 Å². The van der Waals surface area contributed by atoms with Crippen molar-refractivity contribution in [2.75, 3.05) is 7.05 Å². The molecule has 1 heterocycles. The third-order valence-electron chi connectivity index (χ3n) is 5.50. The Bertz CT molecular complexity index is 828. The lowest BCUT2D eigenvalue weighted by molar-refractivity contribution is -0.132. The lowest BCUT2D eigenvalue weighted by Gasteiger charge is -2.29. The predicted octanol–water partition coefficient (Wildman–Crippen LogP) is 5.08. The van der Waals surface area contributed by atoms with Crippen LogP contribution in [0.3, 0.4) is 0 Å². The van der Waals surface area contributed by atoms with E-state index in [0.717, 1.165) is 19.3 Å². The van der Waals surface area contributed by atoms with Gasteiger partial charge >= 0.3 is 0 Å². The molecular weight excluding hydrogens is 350 g/mol. The molecule has 5 nitrogen and oxygen atoms in total. The molecule has 1 unspecified atom stereocenters. The summed E-state index contributed by atoms with van der Waals surface area (Å²) in [5, 5.41) is 0.629. The zero-order valence-corrected chi connectivity index (χ0v) is 17.9. The second-order valence-corrected chi connectivity index (χ2v) is 7.48. The van der Waals surface area contributed by atoms with Crippen LogP contribution in [-0.2, 0) is 11.3 Å². The van der Waals surface area contributed by atoms with E-state index in [-0.39, 0.29) is 17.5 Å². The van der Waals surface area contributed by atoms with E-state index in [1.165, 1.54) is 25.7 Å². The fourth-order valence-corrected chi connectivity index (χ4v) is 3.78. The Morgan fingerprint density at radius 3 is 2.43 bits per heavy atom. The highest BCUT2D eigenvalue weighted by Crippen LogP contribution is 2.23. The Kier molecular flexibility index (Phi) is 8.68. The zero-order valence-electron chi connectivity index (χ0n) is 17.9. The molecule has 5 heteroatoms. The molecule has 0 aliphatic carbocycles. The van der Waals surface area contributed by atoms with Crippen LogP contribution in [0.5, 0.6) is 0 Å². The van der Waals surface area contributed by atoms with Gasteiger partial charge in [-0.2, -0.15) is 0 Å². The summed E-state index contributed by atoms with van der Waals surface area (Å²) >= 11 is 0. The van der Waals surface area contributed by atoms with Crippen molar-refractivity contribution in [2.24, 2.45) is 0 Å². The van der Waals surface area contributed by atoms with E-state index in [1.807, 2.05) is 45.2 Å². The van der Waals surface area contributed by atoms with Crippen LogP contribution < -0.4 is 5.56 Å². The number of nitrogens with zero attached hydrogens (tertiary/aromatic N) is 3. The van der Waals surface area contributed by atoms with E-state index in [4.69, 9.17) is 4.98 Å². The molecule has 0 saturated carbocycles. The summed E-state index contributed by atoms with van der Waals surface area (Å²) in [5.41, 5.74) is 0.667. The first-order valence-electron chi connectivity index (χ1n) is 10.8. The summed E-state index contributed by atoms with van der Waals surface area (Å²) in [7, 11) is 1.84. The van der Waals surface area contributed by atoms with Crippen LogP contribution in [0.25, 0.3) is 10.9 Å². The number of unbranched alkanes of at least 4 members (excludes halogenated alkanes) is 5. The largest absolute Gasteiger partial charge is 0.336 e. The van der Waals surface area contributed by atoms with Crippen LogP contribution in [0, 0.1) is 0 Å². The van der Waals surface area contributed by atoms with Crippen LogP contribution >= 0.6 is 0 Å². The highest BCUT2D eigenvalue weighted by atomic mass is 16.2. The number of amides is 1. The van der Waals surface area contributed by atoms with Gasteiger partial charge in [0, 0.05) is 20.0 Å². The van der Waals surface area contributed by atoms with Gasteiger partial charge in [0.25, 0.3) is 5.56 Å². The molecule has 154 valence electrons. The van der Waals surface area contributed by atoms with Gasteiger partial charge in [0.15, 0.2) is 0 Å². The Hall–Kier alpha value is -2.17. The maximum absolute atomic E-state index is 12.9. The molecule has 0 aliphatic heterocycles. The van der Waals surface area contributed by atoms with E-state index in [2.05, 4.69) is 6.92 Å². The number of fused-ring (bicyclic) bond motifs is 1. The third kappa shape index (κ3) is 5.21. The van der Waals surface area contributed by atoms with Crippen molar-refractivity contribution in [3.8, 4) is 0 Å². The number of hydrogen-bond donors (Lipinski definition) is 0. The number of rotatable bonds is 11. The molecule has 1 atom stereocenters. The third-order valence-corrected chi connectivity index (χ3v) is 5.50. The first-order valence-corrected chi connectivity index (χ1v) is 10.8. The SMILES string of the molecule is CCCCCCCCC(=O)N(C)C(CC)c1nc2ccccc2c(=O)n1CC. The van der Waals surface area contributed by atoms with Crippen molar-refractivity contribution >= 4 is 16.8 Å². The Morgan fingerprint density at radius 2 is 1.75 bits per heavy atom. The number of para-hydroxylation sites is 1. The van der Waals surface area contributed by atoms with Crippen LogP contribution in [-0.4, -0.2) is 27.4 Å². The van der Waals surface area contributed by atoms with Crippen LogP contribution in [0.2, 0.25) is 0 Å². The molecule has 1 aromatic carbocycles. The molecule has 1 amide bonds. The van der Waals surface area contributed by atoms with Crippen molar-refractivity contribution in [3.63, 3.8) is 0 Å². The van der Waals surface area contributed by atoms with Crippen LogP contribution in [0.4, 0.5) is 0 Å². The summed E-state index contributed by atoms with van der Waals surface area (Å²) in [6.45, 7) is 6.74. The Balaban J connectivity index is 2.17. The van der Waals surface area contributed by atoms with E-state index < -0.39 is 0 Å². The maximum Gasteiger partial charge on any atom is 0.261 e. The smallest absolute Gasteiger partial charge is 0.261 e. The normalized spacial score (nSPS) is 12.3. The second kappa shape index (κ2) is 11.0. The summed E-state index contributed by atoms with van der Waals surface area (Å²) in [5.74, 6) is 0.819. The number of benzene rings is 1. The lowest BCUT2D eigenvalue weighted by Crippen LogP contribution is -2.36. The van der Waals surface area contributed by atoms with Crippen molar-refractivity contribution in [3.05, 3.63) is 40.4 Å². The van der Waals surface area contributed by atoms with Gasteiger partial charge in [-0.05, 0) is 31.9 Å². The molecule has 0 fully saturated rings. The molecule has 0 bridgehead atoms. The van der Waals surface area contributed by atoms with Gasteiger partial charge in [-0.1, -0.05) is 58.1 Å². The van der Waals surface area contributed by atoms with E-state index >= 15 is 0 Å². The molecule has 0 radical (unpaired) electrons. The van der Waals surface area contributed by atoms with Crippen molar-refractivity contribution in [1.29, 1.82) is 0 Å². The molecule has 28 heavy (non-hydrogen) atoms. The molecule has 0 spiro atoms. The van der Waals surface area contributed by atoms with Gasteiger partial charge in [-0.3, -0.25) is 14.2 Å². The molecule has 1 aromatic heterocycles. The van der Waals surface area contributed by atoms with Crippen molar-refractivity contribution in [2.45, 2.75) is 84.7 Å². The fourth-order valence-electron chi connectivity index (χ4n) is 3.78. The molecule has 0 N–H and O–H groups in total. The average molecular weight is 386 g/mol. The van der Waals surface area contributed by atoms with Gasteiger partial charge < -0.3 is 4.90 Å². The number of hydrogen-bond acceptors (Lipinski definition) is 3. The number of carbonyl (C=O) groups is 1. The average Bonchev–Trinajstić information content (AvgIpc) is 2.71. The molecule has 0 aliphatic rings. The zero-order chi connectivity index (χ0) is 20.5. The monoisotopic (exact) mass is 385 g/mol. The van der Waals surface area contributed by atoms with Gasteiger partial charge in [0.1, 0.15) is 5.82 Å². The second-order valence-electron chi connectivity index (χ2n) is 7.48. The maximum atomic E-state index is 12.9. The van der Waals surface area contributed by atoms with E-state index in [0.29, 0.717) is 29.7 Å². The lowest BCUT2D eigenvalue weighted by atomic mass is 10.1. The van der Waals surface area contributed by atoms with Gasteiger partial charge in [0.05, 0.1) is 16.9 Å². The minimum Gasteiger partial charge on any atom is -0.336 e. The van der Waals surface area contributed by atoms with E-state index in [9.17, 15) is 9.59 Å². The minimum absolute atomic E-state index is 0.0293. The van der Waals surface area contributed by atoms with Crippen LogP contribution in [0.15, 0.2) is 29.1 Å². The first-order chi connectivity index (χ1) is 13.5. The summed E-state index contributed by atoms with van der Waals surface area (Å²) in [6.07, 6.45) is 8.27. The highest BCUT2D eigenvalue weighted by molar-refractivity contribution is 5.78. The first kappa shape index (κ1) is 22.1. The predicted molar refractivity (Wildman–Crippen MR) is 115 cm³/mol. The summed E-state index contributed by atoms with van der Waals surface area (Å²) in [4.78, 5) is 32.2. The number of carbonyl (C=O) groups excluding carboxylic acids is 1. The number of aromatic nitrogens is 2. The molecular formula is C23H35N3O2. The van der Waals surface area contributed by atoms with Gasteiger partial charge in [-0.15, -0.1) is 0 Å². The highest BCUT2D eigenvalue weighted by Gasteiger charge is 2.25. The minimum atomic E-state index is -0.190. The summed E-state index contributed by atoms with van der Waals surface area (Å²) in [6, 6.07) is 7.24. The molecule has 0 saturated heterocycles. The Morgan fingerprint density at radius 1 is 1.07 bits per heavy atom.